The number of rotatable bonds is 4. The zero-order chi connectivity index (χ0) is 15.9. The van der Waals surface area contributed by atoms with Gasteiger partial charge in [0.1, 0.15) is 5.75 Å². The van der Waals surface area contributed by atoms with Gasteiger partial charge in [-0.1, -0.05) is 34.1 Å². The Morgan fingerprint density at radius 3 is 2.41 bits per heavy atom. The summed E-state index contributed by atoms with van der Waals surface area (Å²) in [6.07, 6.45) is 3.04. The molecule has 0 heterocycles. The molecule has 0 saturated heterocycles. The number of benzene rings is 2. The maximum atomic E-state index is 11.8. The highest BCUT2D eigenvalue weighted by atomic mass is 79.9. The summed E-state index contributed by atoms with van der Waals surface area (Å²) in [5, 5.41) is 2.64. The van der Waals surface area contributed by atoms with Gasteiger partial charge in [0.2, 0.25) is 5.91 Å². The predicted octanol–water partition coefficient (Wildman–Crippen LogP) is 4.03. The van der Waals surface area contributed by atoms with Gasteiger partial charge >= 0.3 is 5.97 Å². The van der Waals surface area contributed by atoms with Gasteiger partial charge in [0, 0.05) is 23.2 Å². The van der Waals surface area contributed by atoms with Gasteiger partial charge in [0.15, 0.2) is 0 Å². The van der Waals surface area contributed by atoms with Crippen LogP contribution in [0.1, 0.15) is 12.5 Å². The van der Waals surface area contributed by atoms with Gasteiger partial charge in [0.25, 0.3) is 0 Å². The molecule has 5 heteroatoms. The van der Waals surface area contributed by atoms with Crippen LogP contribution in [0, 0.1) is 0 Å². The summed E-state index contributed by atoms with van der Waals surface area (Å²) in [5.74, 6) is -0.208. The molecular formula is C17H14BrNO3. The third-order valence-corrected chi connectivity index (χ3v) is 3.42. The van der Waals surface area contributed by atoms with Gasteiger partial charge < -0.3 is 10.1 Å². The van der Waals surface area contributed by atoms with Crippen LogP contribution in [0.2, 0.25) is 0 Å². The smallest absolute Gasteiger partial charge is 0.336 e. The molecule has 4 nitrogen and oxygen atoms in total. The van der Waals surface area contributed by atoms with Crippen LogP contribution >= 0.6 is 15.9 Å². The Morgan fingerprint density at radius 2 is 1.77 bits per heavy atom. The molecule has 0 aliphatic heterocycles. The molecule has 0 unspecified atom stereocenters. The Balaban J connectivity index is 1.97. The lowest BCUT2D eigenvalue weighted by Crippen LogP contribution is -2.06. The number of hydrogen-bond donors (Lipinski definition) is 1. The molecule has 0 saturated carbocycles. The fourth-order valence-electron chi connectivity index (χ4n) is 1.73. The fraction of sp³-hybridized carbons (Fsp3) is 0.0588. The maximum absolute atomic E-state index is 11.8. The van der Waals surface area contributed by atoms with E-state index in [1.165, 1.54) is 13.0 Å². The Kier molecular flexibility index (Phi) is 5.49. The number of nitrogens with one attached hydrogen (secondary N) is 1. The topological polar surface area (TPSA) is 55.4 Å². The average Bonchev–Trinajstić information content (AvgIpc) is 2.48. The van der Waals surface area contributed by atoms with Crippen LogP contribution in [-0.2, 0) is 9.59 Å². The van der Waals surface area contributed by atoms with Crippen molar-refractivity contribution in [3.63, 3.8) is 0 Å². The molecule has 0 aliphatic carbocycles. The van der Waals surface area contributed by atoms with Crippen LogP contribution in [0.5, 0.6) is 5.75 Å². The van der Waals surface area contributed by atoms with Crippen molar-refractivity contribution in [2.75, 3.05) is 5.32 Å². The summed E-state index contributed by atoms with van der Waals surface area (Å²) in [6.45, 7) is 1.43. The van der Waals surface area contributed by atoms with Crippen molar-refractivity contribution in [2.45, 2.75) is 6.92 Å². The first-order valence-corrected chi connectivity index (χ1v) is 7.36. The number of carbonyl (C=O) groups is 2. The van der Waals surface area contributed by atoms with E-state index in [-0.39, 0.29) is 5.91 Å². The normalized spacial score (nSPS) is 10.5. The molecule has 2 aromatic carbocycles. The van der Waals surface area contributed by atoms with Gasteiger partial charge in [-0.15, -0.1) is 0 Å². The van der Waals surface area contributed by atoms with E-state index in [0.717, 1.165) is 10.0 Å². The number of ether oxygens (including phenoxy) is 1. The highest BCUT2D eigenvalue weighted by molar-refractivity contribution is 9.10. The van der Waals surface area contributed by atoms with E-state index >= 15 is 0 Å². The molecule has 0 aliphatic rings. The van der Waals surface area contributed by atoms with Crippen molar-refractivity contribution in [1.29, 1.82) is 0 Å². The Bertz CT molecular complexity index is 708. The average molecular weight is 360 g/mol. The molecule has 2 aromatic rings. The summed E-state index contributed by atoms with van der Waals surface area (Å²) in [5.41, 5.74) is 1.54. The Labute approximate surface area is 136 Å². The number of anilines is 1. The van der Waals surface area contributed by atoms with Crippen molar-refractivity contribution in [3.8, 4) is 5.75 Å². The van der Waals surface area contributed by atoms with Crippen LogP contribution in [0.15, 0.2) is 59.1 Å². The molecule has 0 bridgehead atoms. The second-order valence-corrected chi connectivity index (χ2v) is 5.34. The third-order valence-electron chi connectivity index (χ3n) is 2.70. The second-order valence-electron chi connectivity index (χ2n) is 4.48. The lowest BCUT2D eigenvalue weighted by atomic mass is 10.2. The molecule has 0 aromatic heterocycles. The quantitative estimate of drug-likeness (QED) is 0.509. The summed E-state index contributed by atoms with van der Waals surface area (Å²) in [7, 11) is 0. The lowest BCUT2D eigenvalue weighted by molar-refractivity contribution is -0.128. The zero-order valence-corrected chi connectivity index (χ0v) is 13.5. The number of hydrogen-bond acceptors (Lipinski definition) is 3. The third kappa shape index (κ3) is 4.86. The van der Waals surface area contributed by atoms with E-state index in [4.69, 9.17) is 4.74 Å². The molecule has 0 radical (unpaired) electrons. The molecule has 2 rings (SSSR count). The minimum absolute atomic E-state index is 0.152. The minimum Gasteiger partial charge on any atom is -0.423 e. The van der Waals surface area contributed by atoms with Gasteiger partial charge in [-0.05, 0) is 42.0 Å². The predicted molar refractivity (Wildman–Crippen MR) is 89.6 cm³/mol. The number of halogens is 1. The summed E-state index contributed by atoms with van der Waals surface area (Å²) in [4.78, 5) is 22.7. The highest BCUT2D eigenvalue weighted by Gasteiger charge is 2.02. The zero-order valence-electron chi connectivity index (χ0n) is 11.9. The molecule has 0 fully saturated rings. The molecule has 0 spiro atoms. The summed E-state index contributed by atoms with van der Waals surface area (Å²) < 4.78 is 6.08. The first kappa shape index (κ1) is 16.0. The number of esters is 1. The monoisotopic (exact) mass is 359 g/mol. The first-order valence-electron chi connectivity index (χ1n) is 6.56. The van der Waals surface area contributed by atoms with Crippen molar-refractivity contribution < 1.29 is 14.3 Å². The van der Waals surface area contributed by atoms with Crippen LogP contribution < -0.4 is 10.1 Å². The van der Waals surface area contributed by atoms with Crippen LogP contribution in [0.25, 0.3) is 6.08 Å². The van der Waals surface area contributed by atoms with Crippen LogP contribution in [0.4, 0.5) is 5.69 Å². The van der Waals surface area contributed by atoms with Crippen molar-refractivity contribution in [1.82, 2.24) is 0 Å². The molecule has 22 heavy (non-hydrogen) atoms. The first-order chi connectivity index (χ1) is 10.5. The molecule has 1 amide bonds. The SMILES string of the molecule is CC(=O)Nc1ccc(OC(=O)/C=C/c2ccccc2Br)cc1. The molecular weight excluding hydrogens is 346 g/mol. The van der Waals surface area contributed by atoms with E-state index < -0.39 is 5.97 Å². The van der Waals surface area contributed by atoms with E-state index in [9.17, 15) is 9.59 Å². The van der Waals surface area contributed by atoms with Crippen LogP contribution in [-0.4, -0.2) is 11.9 Å². The van der Waals surface area contributed by atoms with Gasteiger partial charge in [-0.25, -0.2) is 4.79 Å². The highest BCUT2D eigenvalue weighted by Crippen LogP contribution is 2.18. The van der Waals surface area contributed by atoms with E-state index in [1.54, 1.807) is 30.3 Å². The van der Waals surface area contributed by atoms with Crippen LogP contribution in [0.3, 0.4) is 0 Å². The van der Waals surface area contributed by atoms with E-state index in [0.29, 0.717) is 11.4 Å². The van der Waals surface area contributed by atoms with Crippen molar-refractivity contribution >= 4 is 39.6 Å². The Morgan fingerprint density at radius 1 is 1.09 bits per heavy atom. The van der Waals surface area contributed by atoms with Gasteiger partial charge in [-0.2, -0.15) is 0 Å². The van der Waals surface area contributed by atoms with E-state index in [1.807, 2.05) is 24.3 Å². The van der Waals surface area contributed by atoms with Gasteiger partial charge in [-0.3, -0.25) is 4.79 Å². The maximum Gasteiger partial charge on any atom is 0.336 e. The summed E-state index contributed by atoms with van der Waals surface area (Å²) in [6, 6.07) is 14.1. The standard InChI is InChI=1S/C17H14BrNO3/c1-12(20)19-14-7-9-15(10-8-14)22-17(21)11-6-13-4-2-3-5-16(13)18/h2-11H,1H3,(H,19,20)/b11-6+. The number of amides is 1. The lowest BCUT2D eigenvalue weighted by Gasteiger charge is -2.04. The Hall–Kier alpha value is -2.40. The minimum atomic E-state index is -0.469. The second kappa shape index (κ2) is 7.56. The van der Waals surface area contributed by atoms with Crippen molar-refractivity contribution in [2.24, 2.45) is 0 Å². The van der Waals surface area contributed by atoms with Gasteiger partial charge in [0.05, 0.1) is 0 Å². The largest absolute Gasteiger partial charge is 0.423 e. The molecule has 1 N–H and O–H groups in total. The molecule has 112 valence electrons. The molecule has 0 atom stereocenters. The van der Waals surface area contributed by atoms with E-state index in [2.05, 4.69) is 21.2 Å². The fourth-order valence-corrected chi connectivity index (χ4v) is 2.14. The number of carbonyl (C=O) groups excluding carboxylic acids is 2. The summed E-state index contributed by atoms with van der Waals surface area (Å²) >= 11 is 3.40. The van der Waals surface area contributed by atoms with Crippen molar-refractivity contribution in [3.05, 3.63) is 64.6 Å².